The largest absolute Gasteiger partial charge is 0.508 e. The number of phenols is 1. The maximum absolute atomic E-state index is 14.5. The number of aliphatic imine (C=N–C) groups is 1. The van der Waals surface area contributed by atoms with Gasteiger partial charge in [0.25, 0.3) is 5.91 Å². The number of carbonyl (C=O) groups is 10. The quantitative estimate of drug-likeness (QED) is 0.0125. The number of phenolic OH excluding ortho intramolecular Hbond substituents is 1. The molecule has 0 aliphatic carbocycles. The zero-order valence-electron chi connectivity index (χ0n) is 55.0. The van der Waals surface area contributed by atoms with Gasteiger partial charge in [-0.3, -0.25) is 63.3 Å². The predicted octanol–water partition coefficient (Wildman–Crippen LogP) is 0.538. The summed E-state index contributed by atoms with van der Waals surface area (Å²) < 4.78 is 6.13. The van der Waals surface area contributed by atoms with Crippen molar-refractivity contribution >= 4 is 65.7 Å². The van der Waals surface area contributed by atoms with Gasteiger partial charge >= 0.3 is 23.9 Å². The number of hydrogen-bond donors (Lipinski definition) is 14. The molecule has 528 valence electrons. The van der Waals surface area contributed by atoms with Crippen LogP contribution >= 0.6 is 0 Å². The topological polar surface area (TPSA) is 434 Å². The molecule has 4 atom stereocenters. The van der Waals surface area contributed by atoms with Crippen LogP contribution in [0.15, 0.2) is 108 Å². The average Bonchev–Trinajstić information content (AvgIpc) is 0.836. The van der Waals surface area contributed by atoms with Crippen molar-refractivity contribution in [1.82, 2.24) is 62.1 Å². The van der Waals surface area contributed by atoms with Gasteiger partial charge in [-0.05, 0) is 104 Å². The van der Waals surface area contributed by atoms with E-state index < -0.39 is 59.9 Å². The molecule has 30 nitrogen and oxygen atoms in total. The molecule has 97 heavy (non-hydrogen) atoms. The molecule has 1 aliphatic heterocycles. The van der Waals surface area contributed by atoms with E-state index in [2.05, 4.69) is 47.5 Å². The van der Waals surface area contributed by atoms with Crippen LogP contribution < -0.4 is 58.7 Å². The highest BCUT2D eigenvalue weighted by Gasteiger charge is 2.29. The van der Waals surface area contributed by atoms with Crippen LogP contribution in [0.3, 0.4) is 0 Å². The van der Waals surface area contributed by atoms with E-state index >= 15 is 0 Å². The molecule has 1 heterocycles. The van der Waals surface area contributed by atoms with E-state index in [4.69, 9.17) is 16.2 Å². The molecule has 0 saturated carbocycles. The van der Waals surface area contributed by atoms with E-state index in [1.165, 1.54) is 12.1 Å². The summed E-state index contributed by atoms with van der Waals surface area (Å²) in [5.41, 5.74) is 15.4. The van der Waals surface area contributed by atoms with Crippen molar-refractivity contribution in [2.24, 2.45) is 16.5 Å². The molecule has 0 radical (unpaired) electrons. The number of ether oxygens (including phenoxy) is 1. The highest BCUT2D eigenvalue weighted by molar-refractivity contribution is 5.94. The van der Waals surface area contributed by atoms with Gasteiger partial charge in [-0.2, -0.15) is 4.99 Å². The molecule has 0 aromatic heterocycles. The van der Waals surface area contributed by atoms with Crippen LogP contribution in [0.2, 0.25) is 0 Å². The summed E-state index contributed by atoms with van der Waals surface area (Å²) in [7, 11) is 0. The molecule has 1 aliphatic rings. The molecular weight excluding hydrogens is 1250 g/mol. The molecule has 5 rings (SSSR count). The predicted molar refractivity (Wildman–Crippen MR) is 361 cm³/mol. The van der Waals surface area contributed by atoms with Gasteiger partial charge in [0.2, 0.25) is 23.6 Å². The maximum atomic E-state index is 14.5. The number of benzene rings is 4. The molecule has 0 spiro atoms. The molecule has 16 N–H and O–H groups in total. The minimum atomic E-state index is -1.06. The Balaban J connectivity index is 1.04. The summed E-state index contributed by atoms with van der Waals surface area (Å²) in [5.74, 6) is -5.25. The highest BCUT2D eigenvalue weighted by atomic mass is 16.5. The number of nitrogens with two attached hydrogens (primary N) is 2. The Kier molecular flexibility index (Phi) is 35.0. The zero-order valence-corrected chi connectivity index (χ0v) is 55.0. The average molecular weight is 1350 g/mol. The Hall–Kier alpha value is -9.59. The van der Waals surface area contributed by atoms with Crippen molar-refractivity contribution in [2.45, 2.75) is 95.5 Å². The summed E-state index contributed by atoms with van der Waals surface area (Å²) >= 11 is 0. The number of rotatable bonds is 39. The SMILES string of the molecule is CCC(=O)NCCNC(=O)/N=C(/N)NCCC[C@@H](NC(=O)[C@H](c1ccccc1)c1cccc(OCCCCNC(=O)[C@H](N)CCCCNC(=O)c2ccc(CNC(C=O)N3CCN(CC(=O)O)CCN(CC(=O)O)CCN(CC(=O)O)CC3)cc2)c1)C(=O)NCc1ccc(O)cc1. The molecule has 0 bridgehead atoms. The fourth-order valence-corrected chi connectivity index (χ4v) is 10.4. The Morgan fingerprint density at radius 1 is 0.577 bits per heavy atom. The summed E-state index contributed by atoms with van der Waals surface area (Å²) in [6.07, 6.45) is 3.42. The van der Waals surface area contributed by atoms with Crippen molar-refractivity contribution in [3.63, 3.8) is 0 Å². The first-order valence-corrected chi connectivity index (χ1v) is 32.6. The number of carbonyl (C=O) groups excluding carboxylic acids is 7. The molecule has 4 aromatic rings. The fourth-order valence-electron chi connectivity index (χ4n) is 10.4. The minimum Gasteiger partial charge on any atom is -0.508 e. The third-order valence-electron chi connectivity index (χ3n) is 15.8. The van der Waals surface area contributed by atoms with Crippen molar-refractivity contribution < 1.29 is 73.1 Å². The minimum absolute atomic E-state index is 0.0729. The van der Waals surface area contributed by atoms with E-state index in [1.54, 1.807) is 82.3 Å². The molecule has 1 fully saturated rings. The second-order valence-electron chi connectivity index (χ2n) is 23.3. The number of nitrogens with one attached hydrogen (secondary N) is 8. The normalized spacial score (nSPS) is 14.9. The monoisotopic (exact) mass is 1350 g/mol. The zero-order chi connectivity index (χ0) is 70.3. The first-order chi connectivity index (χ1) is 46.7. The number of aromatic hydroxyl groups is 1. The van der Waals surface area contributed by atoms with Gasteiger partial charge in [0.15, 0.2) is 12.2 Å². The summed E-state index contributed by atoms with van der Waals surface area (Å²) in [6, 6.07) is 26.9. The van der Waals surface area contributed by atoms with Crippen LogP contribution in [-0.2, 0) is 51.4 Å². The third kappa shape index (κ3) is 30.8. The van der Waals surface area contributed by atoms with E-state index in [9.17, 15) is 68.4 Å². The van der Waals surface area contributed by atoms with Crippen LogP contribution in [0.4, 0.5) is 4.79 Å². The number of carboxylic acids is 3. The van der Waals surface area contributed by atoms with E-state index in [1.807, 2.05) is 35.2 Å². The standard InChI is InChI=1S/C67H95N15O15/c1-2-57(85)70-29-30-74-67(96)78-66(69)73-28-11-17-55(64(94)76-42-48-20-24-52(84)25-21-48)77-65(95)61(49-12-4-3-5-13-49)51-14-10-15-53(40-51)97-39-9-8-27-72-63(93)54(68)16-6-7-26-71-62(92)50-22-18-47(19-23-50)41-75-56(46-83)82-37-35-80(44-59(88)89)33-31-79(43-58(86)87)32-34-81(36-38-82)45-60(90)91/h3-5,10,12-15,18-25,40,46,54-56,61,75,84H,2,6-9,11,16-17,26-39,41-45,68H2,1H3,(H,70,85)(H,71,92)(H,72,93)(H,76,94)(H,77,95)(H,86,87)(H,88,89)(H,90,91)(H4,69,73,74,78,96)/t54-,55-,56?,61-/m1/s1. The number of nitrogens with zero attached hydrogens (tertiary/aromatic N) is 5. The Bertz CT molecular complexity index is 3150. The van der Waals surface area contributed by atoms with Crippen LogP contribution in [-0.4, -0.2) is 235 Å². The second kappa shape index (κ2) is 43.5. The first kappa shape index (κ1) is 78.1. The van der Waals surface area contributed by atoms with Crippen molar-refractivity contribution in [2.75, 3.05) is 111 Å². The van der Waals surface area contributed by atoms with Gasteiger partial charge in [0, 0.05) is 110 Å². The van der Waals surface area contributed by atoms with E-state index in [-0.39, 0.29) is 141 Å². The fraction of sp³-hybridized carbons (Fsp3) is 0.478. The van der Waals surface area contributed by atoms with Gasteiger partial charge in [0.1, 0.15) is 23.7 Å². The smallest absolute Gasteiger partial charge is 0.344 e. The number of guanidine groups is 1. The second-order valence-corrected chi connectivity index (χ2v) is 23.3. The van der Waals surface area contributed by atoms with Gasteiger partial charge in [-0.15, -0.1) is 0 Å². The van der Waals surface area contributed by atoms with Crippen molar-refractivity contribution in [1.29, 1.82) is 0 Å². The summed E-state index contributed by atoms with van der Waals surface area (Å²) in [4.78, 5) is 136. The maximum Gasteiger partial charge on any atom is 0.344 e. The number of hydrogen-bond acceptors (Lipinski definition) is 18. The lowest BCUT2D eigenvalue weighted by Crippen LogP contribution is -2.53. The van der Waals surface area contributed by atoms with Crippen LogP contribution in [0.25, 0.3) is 0 Å². The van der Waals surface area contributed by atoms with Gasteiger partial charge in [-0.25, -0.2) is 4.79 Å². The Labute approximate surface area is 564 Å². The third-order valence-corrected chi connectivity index (χ3v) is 15.8. The van der Waals surface area contributed by atoms with Gasteiger partial charge in [-0.1, -0.05) is 73.7 Å². The summed E-state index contributed by atoms with van der Waals surface area (Å²) in [6.45, 7) is 4.75. The highest BCUT2D eigenvalue weighted by Crippen LogP contribution is 2.28. The van der Waals surface area contributed by atoms with Gasteiger partial charge < -0.3 is 78.6 Å². The van der Waals surface area contributed by atoms with Crippen LogP contribution in [0, 0.1) is 0 Å². The Morgan fingerprint density at radius 2 is 1.14 bits per heavy atom. The molecule has 30 heteroatoms. The van der Waals surface area contributed by atoms with Crippen LogP contribution in [0.1, 0.15) is 96.8 Å². The number of aliphatic carboxylic acids is 3. The number of urea groups is 1. The molecule has 7 amide bonds. The van der Waals surface area contributed by atoms with E-state index in [0.717, 1.165) is 17.4 Å². The molecular formula is C67H95N15O15. The van der Waals surface area contributed by atoms with Crippen molar-refractivity contribution in [3.05, 3.63) is 131 Å². The number of carboxylic acid groups (broad SMARTS) is 3. The van der Waals surface area contributed by atoms with E-state index in [0.29, 0.717) is 87.1 Å². The number of amides is 7. The lowest BCUT2D eigenvalue weighted by atomic mass is 9.90. The molecule has 1 unspecified atom stereocenters. The van der Waals surface area contributed by atoms with Crippen LogP contribution in [0.5, 0.6) is 11.5 Å². The summed E-state index contributed by atoms with van der Waals surface area (Å²) in [5, 5.41) is 61.2. The lowest BCUT2D eigenvalue weighted by molar-refractivity contribution is -0.140. The lowest BCUT2D eigenvalue weighted by Gasteiger charge is -2.35. The first-order valence-electron chi connectivity index (χ1n) is 32.6. The Morgan fingerprint density at radius 3 is 1.76 bits per heavy atom. The number of aldehydes is 1. The van der Waals surface area contributed by atoms with Gasteiger partial charge in [0.05, 0.1) is 38.2 Å². The van der Waals surface area contributed by atoms with Crippen molar-refractivity contribution in [3.8, 4) is 11.5 Å². The number of unbranched alkanes of at least 4 members (excludes halogenated alkanes) is 2. The molecule has 1 saturated heterocycles. The molecule has 4 aromatic carbocycles.